The number of aromatic nitrogens is 5. The normalized spacial score (nSPS) is 12.4. The van der Waals surface area contributed by atoms with Gasteiger partial charge in [0, 0.05) is 18.3 Å². The molecule has 21 heavy (non-hydrogen) atoms. The van der Waals surface area contributed by atoms with Crippen LogP contribution in [0.1, 0.15) is 35.4 Å². The molecule has 0 aliphatic carbocycles. The van der Waals surface area contributed by atoms with Gasteiger partial charge in [0.05, 0.1) is 6.26 Å². The van der Waals surface area contributed by atoms with Crippen LogP contribution in [-0.2, 0) is 12.8 Å². The number of tetrazole rings is 1. The van der Waals surface area contributed by atoms with Gasteiger partial charge in [-0.25, -0.2) is 0 Å². The van der Waals surface area contributed by atoms with Crippen LogP contribution in [0.4, 0.5) is 0 Å². The maximum absolute atomic E-state index is 9.89. The van der Waals surface area contributed by atoms with Crippen LogP contribution in [0.15, 0.2) is 41.1 Å². The molecule has 0 aromatic carbocycles. The fourth-order valence-corrected chi connectivity index (χ4v) is 2.07. The molecule has 0 fully saturated rings. The third-order valence-corrected chi connectivity index (χ3v) is 3.16. The standard InChI is InChI=1S/C14H15N5O2/c20-13(14-16-18-19-17-14)5-4-10-7-12(21-9-10)8-11-3-1-2-6-15-11/h1-3,6-7,9,13,20H,4-5,8H2,(H,16,17,18,19). The van der Waals surface area contributed by atoms with Gasteiger partial charge in [-0.05, 0) is 36.6 Å². The van der Waals surface area contributed by atoms with Crippen molar-refractivity contribution >= 4 is 0 Å². The predicted molar refractivity (Wildman–Crippen MR) is 73.2 cm³/mol. The molecule has 0 spiro atoms. The topological polar surface area (TPSA) is 101 Å². The van der Waals surface area contributed by atoms with Crippen molar-refractivity contribution in [3.8, 4) is 0 Å². The number of aryl methyl sites for hydroxylation is 1. The van der Waals surface area contributed by atoms with Gasteiger partial charge in [0.25, 0.3) is 0 Å². The van der Waals surface area contributed by atoms with Crippen molar-refractivity contribution in [2.75, 3.05) is 0 Å². The van der Waals surface area contributed by atoms with Crippen molar-refractivity contribution < 1.29 is 9.52 Å². The Balaban J connectivity index is 1.55. The van der Waals surface area contributed by atoms with Gasteiger partial charge in [0.2, 0.25) is 5.82 Å². The predicted octanol–water partition coefficient (Wildman–Crippen LogP) is 1.44. The minimum absolute atomic E-state index is 0.312. The van der Waals surface area contributed by atoms with Crippen LogP contribution < -0.4 is 0 Å². The largest absolute Gasteiger partial charge is 0.469 e. The first kappa shape index (κ1) is 13.4. The van der Waals surface area contributed by atoms with Crippen LogP contribution >= 0.6 is 0 Å². The summed E-state index contributed by atoms with van der Waals surface area (Å²) >= 11 is 0. The minimum atomic E-state index is -0.724. The molecule has 1 atom stereocenters. The van der Waals surface area contributed by atoms with Crippen LogP contribution in [0.5, 0.6) is 0 Å². The Hall–Kier alpha value is -2.54. The summed E-state index contributed by atoms with van der Waals surface area (Å²) in [5.74, 6) is 1.17. The summed E-state index contributed by atoms with van der Waals surface area (Å²) in [6, 6.07) is 7.78. The molecule has 2 N–H and O–H groups in total. The van der Waals surface area contributed by atoms with Gasteiger partial charge in [-0.2, -0.15) is 5.21 Å². The van der Waals surface area contributed by atoms with Gasteiger partial charge in [-0.15, -0.1) is 10.2 Å². The Labute approximate surface area is 121 Å². The highest BCUT2D eigenvalue weighted by molar-refractivity contribution is 5.18. The van der Waals surface area contributed by atoms with Gasteiger partial charge in [-0.3, -0.25) is 4.98 Å². The van der Waals surface area contributed by atoms with Crippen LogP contribution in [-0.4, -0.2) is 30.7 Å². The third kappa shape index (κ3) is 3.51. The van der Waals surface area contributed by atoms with Crippen molar-refractivity contribution in [2.45, 2.75) is 25.4 Å². The first-order valence-electron chi connectivity index (χ1n) is 6.69. The highest BCUT2D eigenvalue weighted by atomic mass is 16.3. The Morgan fingerprint density at radius 1 is 1.33 bits per heavy atom. The van der Waals surface area contributed by atoms with Crippen LogP contribution in [0.25, 0.3) is 0 Å². The first-order valence-corrected chi connectivity index (χ1v) is 6.69. The second-order valence-corrected chi connectivity index (χ2v) is 4.74. The summed E-state index contributed by atoms with van der Waals surface area (Å²) in [6.45, 7) is 0. The Morgan fingerprint density at radius 2 is 2.29 bits per heavy atom. The maximum Gasteiger partial charge on any atom is 0.202 e. The number of pyridine rings is 1. The molecular formula is C14H15N5O2. The fraction of sp³-hybridized carbons (Fsp3) is 0.286. The van der Waals surface area contributed by atoms with Gasteiger partial charge in [0.15, 0.2) is 0 Å². The van der Waals surface area contributed by atoms with Crippen molar-refractivity contribution in [1.82, 2.24) is 25.6 Å². The summed E-state index contributed by atoms with van der Waals surface area (Å²) in [6.07, 6.45) is 4.61. The van der Waals surface area contributed by atoms with Crippen molar-refractivity contribution in [2.24, 2.45) is 0 Å². The number of aromatic amines is 1. The monoisotopic (exact) mass is 285 g/mol. The number of furan rings is 1. The van der Waals surface area contributed by atoms with E-state index in [0.29, 0.717) is 25.1 Å². The molecule has 0 saturated heterocycles. The van der Waals surface area contributed by atoms with Crippen LogP contribution in [0, 0.1) is 0 Å². The van der Waals surface area contributed by atoms with E-state index in [-0.39, 0.29) is 0 Å². The van der Waals surface area contributed by atoms with Gasteiger partial charge < -0.3 is 9.52 Å². The SMILES string of the molecule is OC(CCc1coc(Cc2ccccn2)c1)c1nn[nH]n1. The molecule has 0 saturated carbocycles. The van der Waals surface area contributed by atoms with E-state index >= 15 is 0 Å². The third-order valence-electron chi connectivity index (χ3n) is 3.16. The second kappa shape index (κ2) is 6.27. The van der Waals surface area contributed by atoms with E-state index in [4.69, 9.17) is 4.42 Å². The van der Waals surface area contributed by atoms with Gasteiger partial charge >= 0.3 is 0 Å². The molecule has 0 amide bonds. The second-order valence-electron chi connectivity index (χ2n) is 4.74. The van der Waals surface area contributed by atoms with E-state index in [1.807, 2.05) is 24.3 Å². The summed E-state index contributed by atoms with van der Waals surface area (Å²) in [5, 5.41) is 23.2. The molecule has 3 rings (SSSR count). The van der Waals surface area contributed by atoms with E-state index in [1.165, 1.54) is 0 Å². The van der Waals surface area contributed by atoms with Gasteiger partial charge in [0.1, 0.15) is 11.9 Å². The quantitative estimate of drug-likeness (QED) is 0.710. The zero-order valence-electron chi connectivity index (χ0n) is 11.3. The molecule has 108 valence electrons. The molecule has 7 nitrogen and oxygen atoms in total. The molecule has 3 heterocycles. The molecule has 3 aromatic heterocycles. The molecule has 3 aromatic rings. The van der Waals surface area contributed by atoms with Gasteiger partial charge in [-0.1, -0.05) is 11.3 Å². The number of H-pyrrole nitrogens is 1. The molecular weight excluding hydrogens is 270 g/mol. The van der Waals surface area contributed by atoms with E-state index < -0.39 is 6.10 Å². The Morgan fingerprint density at radius 3 is 3.05 bits per heavy atom. The molecule has 1 unspecified atom stereocenters. The van der Waals surface area contributed by atoms with Crippen LogP contribution in [0.2, 0.25) is 0 Å². The van der Waals surface area contributed by atoms with E-state index in [2.05, 4.69) is 25.6 Å². The number of rotatable bonds is 6. The van der Waals surface area contributed by atoms with E-state index in [1.54, 1.807) is 12.5 Å². The summed E-state index contributed by atoms with van der Waals surface area (Å²) in [4.78, 5) is 4.26. The highest BCUT2D eigenvalue weighted by Gasteiger charge is 2.13. The number of aliphatic hydroxyl groups is 1. The van der Waals surface area contributed by atoms with Crippen LogP contribution in [0.3, 0.4) is 0 Å². The number of nitrogens with one attached hydrogen (secondary N) is 1. The molecule has 0 radical (unpaired) electrons. The average molecular weight is 285 g/mol. The zero-order chi connectivity index (χ0) is 14.5. The maximum atomic E-state index is 9.89. The number of nitrogens with zero attached hydrogens (tertiary/aromatic N) is 4. The molecule has 0 bridgehead atoms. The average Bonchev–Trinajstić information content (AvgIpc) is 3.17. The lowest BCUT2D eigenvalue weighted by atomic mass is 10.1. The lowest BCUT2D eigenvalue weighted by Gasteiger charge is -2.03. The smallest absolute Gasteiger partial charge is 0.202 e. The molecule has 0 aliphatic rings. The lowest BCUT2D eigenvalue weighted by Crippen LogP contribution is -2.01. The Bertz CT molecular complexity index is 666. The number of aliphatic hydroxyl groups excluding tert-OH is 1. The Kier molecular flexibility index (Phi) is 4.02. The zero-order valence-corrected chi connectivity index (χ0v) is 11.3. The fourth-order valence-electron chi connectivity index (χ4n) is 2.07. The lowest BCUT2D eigenvalue weighted by molar-refractivity contribution is 0.158. The number of hydrogen-bond donors (Lipinski definition) is 2. The highest BCUT2D eigenvalue weighted by Crippen LogP contribution is 2.17. The minimum Gasteiger partial charge on any atom is -0.469 e. The van der Waals surface area contributed by atoms with E-state index in [0.717, 1.165) is 17.0 Å². The molecule has 0 aliphatic heterocycles. The van der Waals surface area contributed by atoms with Crippen molar-refractivity contribution in [3.05, 3.63) is 59.6 Å². The summed E-state index contributed by atoms with van der Waals surface area (Å²) in [5.41, 5.74) is 1.99. The summed E-state index contributed by atoms with van der Waals surface area (Å²) in [7, 11) is 0. The van der Waals surface area contributed by atoms with E-state index in [9.17, 15) is 5.11 Å². The first-order chi connectivity index (χ1) is 10.3. The molecule has 7 heteroatoms. The number of hydrogen-bond acceptors (Lipinski definition) is 6. The van der Waals surface area contributed by atoms with Crippen molar-refractivity contribution in [1.29, 1.82) is 0 Å². The summed E-state index contributed by atoms with van der Waals surface area (Å²) < 4.78 is 5.52. The van der Waals surface area contributed by atoms with Crippen molar-refractivity contribution in [3.63, 3.8) is 0 Å².